The first-order valence-corrected chi connectivity index (χ1v) is 12.5. The third-order valence-electron chi connectivity index (χ3n) is 7.07. The van der Waals surface area contributed by atoms with Crippen LogP contribution in [0.15, 0.2) is 42.5 Å². The van der Waals surface area contributed by atoms with E-state index in [0.717, 1.165) is 27.7 Å². The van der Waals surface area contributed by atoms with E-state index in [4.69, 9.17) is 14.2 Å². The van der Waals surface area contributed by atoms with E-state index in [2.05, 4.69) is 10.3 Å². The molecule has 9 nitrogen and oxygen atoms in total. The first-order chi connectivity index (χ1) is 17.7. The number of benzene rings is 2. The molecule has 0 bridgehead atoms. The molecule has 1 aromatic heterocycles. The van der Waals surface area contributed by atoms with E-state index in [0.29, 0.717) is 17.9 Å². The Balaban J connectivity index is 1.39. The quantitative estimate of drug-likeness (QED) is 0.529. The maximum Gasteiger partial charge on any atom is 0.306 e. The van der Waals surface area contributed by atoms with Gasteiger partial charge in [0.2, 0.25) is 18.6 Å². The van der Waals surface area contributed by atoms with Crippen LogP contribution in [0.2, 0.25) is 0 Å². The molecule has 2 aromatic carbocycles. The topological polar surface area (TPSA) is 110 Å². The van der Waals surface area contributed by atoms with E-state index in [1.54, 1.807) is 25.7 Å². The minimum atomic E-state index is -0.821. The molecule has 192 valence electrons. The van der Waals surface area contributed by atoms with Gasteiger partial charge in [0.25, 0.3) is 0 Å². The van der Waals surface area contributed by atoms with Crippen LogP contribution in [-0.2, 0) is 25.5 Å². The van der Waals surface area contributed by atoms with Crippen LogP contribution in [0, 0.1) is 0 Å². The molecule has 0 aliphatic carbocycles. The number of esters is 1. The fraction of sp³-hybridized carbons (Fsp3) is 0.393. The van der Waals surface area contributed by atoms with Gasteiger partial charge in [-0.05, 0) is 56.5 Å². The molecule has 9 heteroatoms. The second-order valence-electron chi connectivity index (χ2n) is 10.7. The third-order valence-corrected chi connectivity index (χ3v) is 7.07. The lowest BCUT2D eigenvalue weighted by Crippen LogP contribution is -2.66. The monoisotopic (exact) mass is 503 g/mol. The Labute approximate surface area is 214 Å². The highest BCUT2D eigenvalue weighted by Gasteiger charge is 2.49. The van der Waals surface area contributed by atoms with Crippen LogP contribution >= 0.6 is 0 Å². The molecule has 4 heterocycles. The zero-order chi connectivity index (χ0) is 25.9. The number of carbonyl (C=O) groups is 3. The number of hydrogen-bond donors (Lipinski definition) is 2. The number of fused-ring (bicyclic) bond motifs is 5. The van der Waals surface area contributed by atoms with Gasteiger partial charge in [0, 0.05) is 29.4 Å². The molecule has 3 aliphatic heterocycles. The van der Waals surface area contributed by atoms with Crippen molar-refractivity contribution >= 4 is 28.7 Å². The Morgan fingerprint density at radius 3 is 2.70 bits per heavy atom. The number of hydrogen-bond acceptors (Lipinski definition) is 6. The van der Waals surface area contributed by atoms with Crippen LogP contribution in [0.5, 0.6) is 11.5 Å². The van der Waals surface area contributed by atoms with Gasteiger partial charge in [-0.3, -0.25) is 14.4 Å². The number of nitrogens with one attached hydrogen (secondary N) is 2. The van der Waals surface area contributed by atoms with Crippen molar-refractivity contribution in [3.8, 4) is 11.5 Å². The average Bonchev–Trinajstić information content (AvgIpc) is 3.47. The maximum absolute atomic E-state index is 13.9. The molecule has 1 saturated heterocycles. The number of carbonyl (C=O) groups excluding carboxylic acids is 3. The zero-order valence-electron chi connectivity index (χ0n) is 21.0. The number of aromatic nitrogens is 1. The van der Waals surface area contributed by atoms with Gasteiger partial charge in [-0.2, -0.15) is 0 Å². The molecule has 1 fully saturated rings. The summed E-state index contributed by atoms with van der Waals surface area (Å²) in [5.74, 6) is 0.398. The van der Waals surface area contributed by atoms with Crippen molar-refractivity contribution in [3.05, 3.63) is 59.3 Å². The second kappa shape index (κ2) is 8.54. The summed E-state index contributed by atoms with van der Waals surface area (Å²) in [6.07, 6.45) is 0.589. The summed E-state index contributed by atoms with van der Waals surface area (Å²) >= 11 is 0. The number of rotatable bonds is 4. The van der Waals surface area contributed by atoms with Gasteiger partial charge in [0.1, 0.15) is 17.7 Å². The summed E-state index contributed by atoms with van der Waals surface area (Å²) in [6.45, 7) is 5.53. The molecule has 3 aromatic rings. The standard InChI is InChI=1S/C28H29N3O6/c1-28(2,3)37-23(32)11-9-19-27(34)31-20(26(33)30-19)13-17-16-6-4-5-7-18(16)29-24(17)25(31)15-8-10-21-22(12-15)36-14-35-21/h4-8,10,12,19-20,25,29H,9,11,13-14H2,1-3H3,(H,30,33)/t19-,20+,25?/m0/s1. The van der Waals surface area contributed by atoms with Crippen LogP contribution in [0.3, 0.4) is 0 Å². The molecule has 6 rings (SSSR count). The highest BCUT2D eigenvalue weighted by molar-refractivity contribution is 5.99. The normalized spacial score (nSPS) is 22.5. The molecule has 0 saturated carbocycles. The molecule has 3 atom stereocenters. The lowest BCUT2D eigenvalue weighted by Gasteiger charge is -2.46. The summed E-state index contributed by atoms with van der Waals surface area (Å²) in [4.78, 5) is 44.9. The highest BCUT2D eigenvalue weighted by Crippen LogP contribution is 2.44. The molecular formula is C28H29N3O6. The van der Waals surface area contributed by atoms with Gasteiger partial charge in [0.15, 0.2) is 11.5 Å². The third kappa shape index (κ3) is 4.08. The van der Waals surface area contributed by atoms with Crippen LogP contribution in [0.4, 0.5) is 0 Å². The van der Waals surface area contributed by atoms with Crippen molar-refractivity contribution in [1.29, 1.82) is 0 Å². The number of aromatic amines is 1. The summed E-state index contributed by atoms with van der Waals surface area (Å²) in [5, 5.41) is 3.91. The van der Waals surface area contributed by atoms with Gasteiger partial charge >= 0.3 is 5.97 Å². The summed E-state index contributed by atoms with van der Waals surface area (Å²) in [7, 11) is 0. The lowest BCUT2D eigenvalue weighted by atomic mass is 9.85. The number of ether oxygens (including phenoxy) is 3. The Hall–Kier alpha value is -4.01. The first kappa shape index (κ1) is 23.4. The van der Waals surface area contributed by atoms with E-state index in [1.165, 1.54) is 0 Å². The SMILES string of the molecule is CC(C)(C)OC(=O)CC[C@@H]1NC(=O)[C@H]2Cc3c([nH]c4ccccc34)C(c3ccc4c(c3)OCO4)N2C1=O. The first-order valence-electron chi connectivity index (χ1n) is 12.5. The Bertz CT molecular complexity index is 1420. The molecule has 2 N–H and O–H groups in total. The average molecular weight is 504 g/mol. The van der Waals surface area contributed by atoms with Crippen molar-refractivity contribution < 1.29 is 28.6 Å². The number of H-pyrrole nitrogens is 1. The van der Waals surface area contributed by atoms with Crippen molar-refractivity contribution in [2.24, 2.45) is 0 Å². The fourth-order valence-electron chi connectivity index (χ4n) is 5.56. The molecule has 0 radical (unpaired) electrons. The van der Waals surface area contributed by atoms with Gasteiger partial charge in [-0.15, -0.1) is 0 Å². The summed E-state index contributed by atoms with van der Waals surface area (Å²) in [6, 6.07) is 11.5. The van der Waals surface area contributed by atoms with E-state index in [1.807, 2.05) is 42.5 Å². The van der Waals surface area contributed by atoms with Crippen molar-refractivity contribution in [2.75, 3.05) is 6.79 Å². The van der Waals surface area contributed by atoms with Crippen molar-refractivity contribution in [1.82, 2.24) is 15.2 Å². The van der Waals surface area contributed by atoms with Gasteiger partial charge in [-0.25, -0.2) is 0 Å². The molecule has 2 amide bonds. The number of amides is 2. The van der Waals surface area contributed by atoms with Gasteiger partial charge < -0.3 is 29.4 Å². The van der Waals surface area contributed by atoms with E-state index < -0.39 is 29.7 Å². The summed E-state index contributed by atoms with van der Waals surface area (Å²) in [5.41, 5.74) is 3.05. The molecule has 3 aliphatic rings. The number of nitrogens with zero attached hydrogens (tertiary/aromatic N) is 1. The van der Waals surface area contributed by atoms with Crippen molar-refractivity contribution in [2.45, 2.75) is 63.8 Å². The van der Waals surface area contributed by atoms with Gasteiger partial charge in [-0.1, -0.05) is 24.3 Å². The molecule has 0 spiro atoms. The van der Waals surface area contributed by atoms with Crippen LogP contribution in [0.25, 0.3) is 10.9 Å². The largest absolute Gasteiger partial charge is 0.460 e. The molecule has 37 heavy (non-hydrogen) atoms. The van der Waals surface area contributed by atoms with Crippen LogP contribution < -0.4 is 14.8 Å². The van der Waals surface area contributed by atoms with E-state index in [-0.39, 0.29) is 31.4 Å². The second-order valence-corrected chi connectivity index (χ2v) is 10.7. The van der Waals surface area contributed by atoms with E-state index in [9.17, 15) is 14.4 Å². The van der Waals surface area contributed by atoms with Crippen molar-refractivity contribution in [3.63, 3.8) is 0 Å². The fourth-order valence-corrected chi connectivity index (χ4v) is 5.56. The van der Waals surface area contributed by atoms with Crippen LogP contribution in [-0.4, -0.2) is 52.1 Å². The minimum Gasteiger partial charge on any atom is -0.460 e. The Morgan fingerprint density at radius 1 is 1.11 bits per heavy atom. The Kier molecular flexibility index (Phi) is 5.40. The highest BCUT2D eigenvalue weighted by atomic mass is 16.7. The lowest BCUT2D eigenvalue weighted by molar-refractivity contribution is -0.157. The smallest absolute Gasteiger partial charge is 0.306 e. The number of para-hydroxylation sites is 1. The molecule has 1 unspecified atom stereocenters. The minimum absolute atomic E-state index is 0.0266. The predicted octanol–water partition coefficient (Wildman–Crippen LogP) is 3.36. The van der Waals surface area contributed by atoms with Crippen LogP contribution in [0.1, 0.15) is 56.5 Å². The van der Waals surface area contributed by atoms with Gasteiger partial charge in [0.05, 0.1) is 6.04 Å². The predicted molar refractivity (Wildman–Crippen MR) is 134 cm³/mol. The Morgan fingerprint density at radius 2 is 1.89 bits per heavy atom. The van der Waals surface area contributed by atoms with E-state index >= 15 is 0 Å². The maximum atomic E-state index is 13.9. The molecular weight excluding hydrogens is 474 g/mol. The summed E-state index contributed by atoms with van der Waals surface area (Å²) < 4.78 is 16.5. The zero-order valence-corrected chi connectivity index (χ0v) is 21.0. The number of piperazine rings is 1.